The normalized spacial score (nSPS) is 25.4. The fourth-order valence-electron chi connectivity index (χ4n) is 3.61. The largest absolute Gasteiger partial charge is 0.379 e. The molecule has 0 radical (unpaired) electrons. The maximum absolute atomic E-state index is 13.0. The first-order valence-corrected chi connectivity index (χ1v) is 8.54. The number of carbonyl (C=O) groups is 1. The van der Waals surface area contributed by atoms with E-state index in [9.17, 15) is 9.18 Å². The summed E-state index contributed by atoms with van der Waals surface area (Å²) in [7, 11) is 0. The third-order valence-corrected chi connectivity index (χ3v) is 4.89. The van der Waals surface area contributed by atoms with E-state index < -0.39 is 0 Å². The van der Waals surface area contributed by atoms with Crippen molar-refractivity contribution in [1.29, 1.82) is 0 Å². The van der Waals surface area contributed by atoms with Crippen LogP contribution in [0.5, 0.6) is 0 Å². The lowest BCUT2D eigenvalue weighted by Crippen LogP contribution is -2.46. The van der Waals surface area contributed by atoms with Gasteiger partial charge >= 0.3 is 0 Å². The molecule has 5 heteroatoms. The van der Waals surface area contributed by atoms with Crippen LogP contribution in [0.25, 0.3) is 0 Å². The lowest BCUT2D eigenvalue weighted by atomic mass is 9.94. The molecule has 1 aliphatic heterocycles. The number of rotatable bonds is 5. The molecule has 1 aliphatic carbocycles. The van der Waals surface area contributed by atoms with Gasteiger partial charge in [0.05, 0.1) is 19.8 Å². The third kappa shape index (κ3) is 4.75. The number of hydrogen-bond acceptors (Lipinski definition) is 3. The summed E-state index contributed by atoms with van der Waals surface area (Å²) in [5, 5.41) is 3.21. The van der Waals surface area contributed by atoms with Gasteiger partial charge in [-0.2, -0.15) is 0 Å². The van der Waals surface area contributed by atoms with Crippen LogP contribution in [-0.2, 0) is 16.0 Å². The lowest BCUT2D eigenvalue weighted by molar-refractivity contribution is -0.124. The molecule has 0 spiro atoms. The smallest absolute Gasteiger partial charge is 0.234 e. The standard InChI is InChI=1S/C18H25FN2O2/c19-16-6-4-14(5-7-16)12-15-2-1-3-17(15)20-18(22)13-21-8-10-23-11-9-21/h4-7,15,17H,1-3,8-13H2,(H,20,22)/t15-,17-/m1/s1. The summed E-state index contributed by atoms with van der Waals surface area (Å²) in [5.41, 5.74) is 1.14. The van der Waals surface area contributed by atoms with Crippen molar-refractivity contribution < 1.29 is 13.9 Å². The van der Waals surface area contributed by atoms with Crippen molar-refractivity contribution in [2.45, 2.75) is 31.7 Å². The molecule has 126 valence electrons. The number of morpholine rings is 1. The highest BCUT2D eigenvalue weighted by atomic mass is 19.1. The highest BCUT2D eigenvalue weighted by molar-refractivity contribution is 5.78. The number of nitrogens with one attached hydrogen (secondary N) is 1. The predicted octanol–water partition coefficient (Wildman–Crippen LogP) is 1.99. The minimum atomic E-state index is -0.199. The van der Waals surface area contributed by atoms with Crippen molar-refractivity contribution in [3.8, 4) is 0 Å². The Balaban J connectivity index is 1.49. The van der Waals surface area contributed by atoms with Gasteiger partial charge in [0.1, 0.15) is 5.82 Å². The van der Waals surface area contributed by atoms with Crippen LogP contribution in [0, 0.1) is 11.7 Å². The van der Waals surface area contributed by atoms with Crippen LogP contribution < -0.4 is 5.32 Å². The van der Waals surface area contributed by atoms with Crippen LogP contribution in [0.4, 0.5) is 4.39 Å². The van der Waals surface area contributed by atoms with Gasteiger partial charge in [0.2, 0.25) is 5.91 Å². The molecule has 2 aliphatic rings. The number of halogens is 1. The molecule has 1 saturated heterocycles. The number of nitrogens with zero attached hydrogens (tertiary/aromatic N) is 1. The van der Waals surface area contributed by atoms with Crippen LogP contribution in [0.1, 0.15) is 24.8 Å². The van der Waals surface area contributed by atoms with E-state index in [1.807, 2.05) is 12.1 Å². The summed E-state index contributed by atoms with van der Waals surface area (Å²) >= 11 is 0. The minimum Gasteiger partial charge on any atom is -0.379 e. The quantitative estimate of drug-likeness (QED) is 0.902. The van der Waals surface area contributed by atoms with Gasteiger partial charge in [-0.05, 0) is 42.9 Å². The zero-order valence-corrected chi connectivity index (χ0v) is 13.5. The molecule has 2 atom stereocenters. The fourth-order valence-corrected chi connectivity index (χ4v) is 3.61. The van der Waals surface area contributed by atoms with Crippen LogP contribution in [0.2, 0.25) is 0 Å². The summed E-state index contributed by atoms with van der Waals surface area (Å²) in [6.45, 7) is 3.55. The van der Waals surface area contributed by atoms with Gasteiger partial charge in [-0.15, -0.1) is 0 Å². The van der Waals surface area contributed by atoms with Crippen molar-refractivity contribution in [2.24, 2.45) is 5.92 Å². The summed E-state index contributed by atoms with van der Waals surface area (Å²) in [6, 6.07) is 6.96. The van der Waals surface area contributed by atoms with Gasteiger partial charge in [-0.1, -0.05) is 18.6 Å². The van der Waals surface area contributed by atoms with E-state index in [1.165, 1.54) is 12.1 Å². The summed E-state index contributed by atoms with van der Waals surface area (Å²) < 4.78 is 18.3. The maximum Gasteiger partial charge on any atom is 0.234 e. The highest BCUT2D eigenvalue weighted by Gasteiger charge is 2.29. The maximum atomic E-state index is 13.0. The molecule has 0 unspecified atom stereocenters. The molecule has 4 nitrogen and oxygen atoms in total. The Kier molecular flexibility index (Phi) is 5.62. The molecule has 0 bridgehead atoms. The number of benzene rings is 1. The molecule has 2 fully saturated rings. The van der Waals surface area contributed by atoms with Crippen molar-refractivity contribution in [3.05, 3.63) is 35.6 Å². The van der Waals surface area contributed by atoms with Crippen LogP contribution >= 0.6 is 0 Å². The lowest BCUT2D eigenvalue weighted by Gasteiger charge is -2.27. The van der Waals surface area contributed by atoms with E-state index in [4.69, 9.17) is 4.74 Å². The first-order valence-electron chi connectivity index (χ1n) is 8.54. The van der Waals surface area contributed by atoms with Crippen LogP contribution in [-0.4, -0.2) is 49.7 Å². The Morgan fingerprint density at radius 2 is 1.96 bits per heavy atom. The van der Waals surface area contributed by atoms with E-state index in [0.29, 0.717) is 25.7 Å². The second-order valence-corrected chi connectivity index (χ2v) is 6.58. The summed E-state index contributed by atoms with van der Waals surface area (Å²) in [4.78, 5) is 14.4. The van der Waals surface area contributed by atoms with Gasteiger partial charge in [0.25, 0.3) is 0 Å². The average molecular weight is 320 g/mol. The first kappa shape index (κ1) is 16.4. The molecule has 0 aromatic heterocycles. The van der Waals surface area contributed by atoms with Crippen molar-refractivity contribution in [1.82, 2.24) is 10.2 Å². The second-order valence-electron chi connectivity index (χ2n) is 6.58. The van der Waals surface area contributed by atoms with Crippen molar-refractivity contribution in [2.75, 3.05) is 32.8 Å². The molecule has 1 amide bonds. The Morgan fingerprint density at radius 3 is 2.70 bits per heavy atom. The Labute approximate surface area is 137 Å². The highest BCUT2D eigenvalue weighted by Crippen LogP contribution is 2.29. The van der Waals surface area contributed by atoms with Crippen LogP contribution in [0.15, 0.2) is 24.3 Å². The molecule has 3 rings (SSSR count). The van der Waals surface area contributed by atoms with Gasteiger partial charge < -0.3 is 10.1 Å². The van der Waals surface area contributed by atoms with Gasteiger partial charge in [0.15, 0.2) is 0 Å². The van der Waals surface area contributed by atoms with E-state index in [-0.39, 0.29) is 17.8 Å². The molecule has 1 aromatic rings. The summed E-state index contributed by atoms with van der Waals surface area (Å²) in [5.74, 6) is 0.368. The minimum absolute atomic E-state index is 0.114. The van der Waals surface area contributed by atoms with E-state index in [1.54, 1.807) is 0 Å². The molecular weight excluding hydrogens is 295 g/mol. The van der Waals surface area contributed by atoms with E-state index in [2.05, 4.69) is 10.2 Å². The SMILES string of the molecule is O=C(CN1CCOCC1)N[C@@H]1CCC[C@@H]1Cc1ccc(F)cc1. The molecule has 23 heavy (non-hydrogen) atoms. The topological polar surface area (TPSA) is 41.6 Å². The third-order valence-electron chi connectivity index (χ3n) is 4.89. The van der Waals surface area contributed by atoms with E-state index >= 15 is 0 Å². The number of hydrogen-bond donors (Lipinski definition) is 1. The van der Waals surface area contributed by atoms with Gasteiger partial charge in [-0.3, -0.25) is 9.69 Å². The van der Waals surface area contributed by atoms with Crippen molar-refractivity contribution in [3.63, 3.8) is 0 Å². The summed E-state index contributed by atoms with van der Waals surface area (Å²) in [6.07, 6.45) is 4.22. The zero-order chi connectivity index (χ0) is 16.1. The van der Waals surface area contributed by atoms with Gasteiger partial charge in [0, 0.05) is 19.1 Å². The average Bonchev–Trinajstić information content (AvgIpc) is 2.97. The fraction of sp³-hybridized carbons (Fsp3) is 0.611. The molecule has 1 saturated carbocycles. The molecule has 1 aromatic carbocycles. The molecule has 1 N–H and O–H groups in total. The monoisotopic (exact) mass is 320 g/mol. The number of amides is 1. The Hall–Kier alpha value is -1.46. The Bertz CT molecular complexity index is 514. The first-order chi connectivity index (χ1) is 11.2. The number of carbonyl (C=O) groups excluding carboxylic acids is 1. The predicted molar refractivity (Wildman–Crippen MR) is 86.6 cm³/mol. The molecular formula is C18H25FN2O2. The van der Waals surface area contributed by atoms with Crippen molar-refractivity contribution >= 4 is 5.91 Å². The Morgan fingerprint density at radius 1 is 1.22 bits per heavy atom. The second kappa shape index (κ2) is 7.88. The number of ether oxygens (including phenoxy) is 1. The van der Waals surface area contributed by atoms with Gasteiger partial charge in [-0.25, -0.2) is 4.39 Å². The van der Waals surface area contributed by atoms with E-state index in [0.717, 1.165) is 44.3 Å². The van der Waals surface area contributed by atoms with Crippen LogP contribution in [0.3, 0.4) is 0 Å². The molecule has 1 heterocycles. The zero-order valence-electron chi connectivity index (χ0n) is 13.5.